The molecule has 246 valence electrons. The molecule has 2 fully saturated rings. The first kappa shape index (κ1) is 32.5. The molecule has 6 atom stereocenters. The third-order valence-corrected chi connectivity index (χ3v) is 10.1. The summed E-state index contributed by atoms with van der Waals surface area (Å²) >= 11 is 0. The number of aromatic amines is 1. The van der Waals surface area contributed by atoms with Gasteiger partial charge in [0.1, 0.15) is 12.0 Å². The van der Waals surface area contributed by atoms with Crippen molar-refractivity contribution in [1.29, 1.82) is 0 Å². The zero-order valence-corrected chi connectivity index (χ0v) is 27.8. The molecule has 0 saturated carbocycles. The van der Waals surface area contributed by atoms with Crippen LogP contribution in [0.25, 0.3) is 33.5 Å². The topological polar surface area (TPSA) is 126 Å². The van der Waals surface area contributed by atoms with E-state index in [1.807, 2.05) is 42.4 Å². The van der Waals surface area contributed by atoms with Crippen molar-refractivity contribution in [2.24, 2.45) is 17.4 Å². The predicted octanol–water partition coefficient (Wildman–Crippen LogP) is 4.02. The maximum atomic E-state index is 15.0. The Morgan fingerprint density at radius 3 is 2.63 bits per heavy atom. The van der Waals surface area contributed by atoms with E-state index in [0.717, 1.165) is 40.3 Å². The highest BCUT2D eigenvalue weighted by Crippen LogP contribution is 2.36. The average molecular weight is 652 g/mol. The Morgan fingerprint density at radius 2 is 1.89 bits per heavy atom. The maximum absolute atomic E-state index is 15.0. The van der Waals surface area contributed by atoms with Gasteiger partial charge in [-0.25, -0.2) is 13.8 Å². The van der Waals surface area contributed by atoms with E-state index in [0.29, 0.717) is 36.2 Å². The zero-order chi connectivity index (χ0) is 32.9. The maximum Gasteiger partial charge on any atom is 0.240 e. The molecule has 46 heavy (non-hydrogen) atoms. The van der Waals surface area contributed by atoms with E-state index in [1.54, 1.807) is 11.0 Å². The third-order valence-electron chi connectivity index (χ3n) is 9.76. The number of aromatic nitrogens is 3. The van der Waals surface area contributed by atoms with Crippen LogP contribution >= 0.6 is 9.24 Å². The first-order valence-corrected chi connectivity index (χ1v) is 16.9. The summed E-state index contributed by atoms with van der Waals surface area (Å²) in [6, 6.07) is 8.83. The van der Waals surface area contributed by atoms with Crippen LogP contribution in [0.1, 0.15) is 52.0 Å². The first-order valence-electron chi connectivity index (χ1n) is 16.3. The molecular weight excluding hydrogens is 607 g/mol. The van der Waals surface area contributed by atoms with Crippen molar-refractivity contribution in [3.05, 3.63) is 47.8 Å². The van der Waals surface area contributed by atoms with Crippen molar-refractivity contribution < 1.29 is 18.4 Å². The number of nitrogens with zero attached hydrogens (tertiary/aromatic N) is 4. The molecule has 2 amide bonds. The van der Waals surface area contributed by atoms with Crippen LogP contribution in [0.15, 0.2) is 36.4 Å². The van der Waals surface area contributed by atoms with Gasteiger partial charge in [-0.1, -0.05) is 32.9 Å². The number of likely N-dealkylation sites (tertiary alicyclic amines) is 2. The smallest absolute Gasteiger partial charge is 0.240 e. The van der Waals surface area contributed by atoms with Gasteiger partial charge in [-0.2, -0.15) is 0 Å². The lowest BCUT2D eigenvalue weighted by Crippen LogP contribution is -2.49. The van der Waals surface area contributed by atoms with E-state index in [2.05, 4.69) is 20.3 Å². The Kier molecular flexibility index (Phi) is 9.20. The second kappa shape index (κ2) is 13.0. The molecule has 2 aromatic heterocycles. The van der Waals surface area contributed by atoms with Crippen molar-refractivity contribution in [3.8, 4) is 11.5 Å². The van der Waals surface area contributed by atoms with Crippen LogP contribution in [-0.4, -0.2) is 79.6 Å². The molecule has 0 spiro atoms. The van der Waals surface area contributed by atoms with Crippen LogP contribution in [0.2, 0.25) is 0 Å². The minimum absolute atomic E-state index is 0.0134. The largest absolute Gasteiger partial charge is 0.352 e. The Labute approximate surface area is 270 Å². The van der Waals surface area contributed by atoms with Crippen LogP contribution in [0, 0.1) is 11.7 Å². The Morgan fingerprint density at radius 1 is 1.11 bits per heavy atom. The Hall–Kier alpha value is -3.40. The van der Waals surface area contributed by atoms with Gasteiger partial charge in [0.05, 0.1) is 41.4 Å². The standard InChI is InChI=1S/C34H44F2N7O2P/c1-4-26(37)33(44)41-11-5-6-21(41)14-25-24-9-8-23(46)15-27(24)39-31(25)32-40-28-13-19(35)7-10-29(28)43(32)17-22-12-20(36)16-42(22)34(45)30(38)18(2)3/h7-10,13,15,18,20-22,26,30,39H,4-6,11-12,14,16-17,37-38,46H2,1-3H3/t20-,21-,22-,26-,30-/m0/s1. The van der Waals surface area contributed by atoms with E-state index in [9.17, 15) is 18.4 Å². The van der Waals surface area contributed by atoms with Gasteiger partial charge in [-0.15, -0.1) is 9.24 Å². The SMILES string of the molecule is CC[C@H](N)C(=O)N1CCC[C@H]1Cc1c(-c2nc3cc(F)ccc3n2C[C@@H]2C[C@H](F)CN2C(=O)[C@@H](N)C(C)C)[nH]c2cc(P)ccc12. The number of carbonyl (C=O) groups is 2. The number of nitrogens with two attached hydrogens (primary N) is 2. The van der Waals surface area contributed by atoms with Gasteiger partial charge in [0.25, 0.3) is 0 Å². The molecule has 2 aliphatic rings. The number of hydrogen-bond acceptors (Lipinski definition) is 5. The molecule has 2 aromatic carbocycles. The summed E-state index contributed by atoms with van der Waals surface area (Å²) in [7, 11) is 2.72. The first-order chi connectivity index (χ1) is 22.0. The molecule has 0 radical (unpaired) electrons. The summed E-state index contributed by atoms with van der Waals surface area (Å²) in [5.74, 6) is -0.240. The van der Waals surface area contributed by atoms with Crippen molar-refractivity contribution in [2.45, 2.75) is 89.8 Å². The van der Waals surface area contributed by atoms with Crippen molar-refractivity contribution in [1.82, 2.24) is 24.3 Å². The number of fused-ring (bicyclic) bond motifs is 2. The second-order valence-electron chi connectivity index (χ2n) is 13.3. The van der Waals surface area contributed by atoms with Crippen LogP contribution in [0.4, 0.5) is 8.78 Å². The molecule has 1 unspecified atom stereocenters. The number of rotatable bonds is 9. The summed E-state index contributed by atoms with van der Waals surface area (Å²) in [4.78, 5) is 38.7. The average Bonchev–Trinajstić information content (AvgIpc) is 3.80. The number of nitrogens with one attached hydrogen (secondary N) is 1. The molecule has 9 nitrogen and oxygen atoms in total. The second-order valence-corrected chi connectivity index (χ2v) is 13.9. The van der Waals surface area contributed by atoms with Crippen molar-refractivity contribution in [3.63, 3.8) is 0 Å². The fourth-order valence-corrected chi connectivity index (χ4v) is 7.37. The summed E-state index contributed by atoms with van der Waals surface area (Å²) < 4.78 is 31.5. The van der Waals surface area contributed by atoms with Gasteiger partial charge in [0, 0.05) is 42.5 Å². The minimum atomic E-state index is -1.17. The highest BCUT2D eigenvalue weighted by Gasteiger charge is 2.39. The number of alkyl halides is 1. The molecule has 12 heteroatoms. The van der Waals surface area contributed by atoms with Crippen LogP contribution < -0.4 is 16.8 Å². The highest BCUT2D eigenvalue weighted by molar-refractivity contribution is 7.27. The van der Waals surface area contributed by atoms with Gasteiger partial charge in [-0.05, 0) is 60.7 Å². The lowest BCUT2D eigenvalue weighted by atomic mass is 9.99. The molecule has 2 saturated heterocycles. The quantitative estimate of drug-likeness (QED) is 0.236. The van der Waals surface area contributed by atoms with Crippen LogP contribution in [0.5, 0.6) is 0 Å². The molecule has 4 aromatic rings. The van der Waals surface area contributed by atoms with E-state index >= 15 is 0 Å². The fourth-order valence-electron chi connectivity index (χ4n) is 7.11. The number of hydrogen-bond donors (Lipinski definition) is 3. The summed E-state index contributed by atoms with van der Waals surface area (Å²) in [6.45, 7) is 6.58. The number of imidazole rings is 1. The minimum Gasteiger partial charge on any atom is -0.352 e. The number of benzene rings is 2. The Balaban J connectivity index is 1.46. The summed E-state index contributed by atoms with van der Waals surface area (Å²) in [5, 5.41) is 2.01. The molecule has 0 aliphatic carbocycles. The lowest BCUT2D eigenvalue weighted by Gasteiger charge is -2.29. The monoisotopic (exact) mass is 651 g/mol. The van der Waals surface area contributed by atoms with Crippen molar-refractivity contribution in [2.75, 3.05) is 13.1 Å². The van der Waals surface area contributed by atoms with Gasteiger partial charge in [0.15, 0.2) is 5.82 Å². The van der Waals surface area contributed by atoms with Crippen LogP contribution in [0.3, 0.4) is 0 Å². The fraction of sp³-hybridized carbons (Fsp3) is 0.500. The Bertz CT molecular complexity index is 1770. The number of H-pyrrole nitrogens is 1. The van der Waals surface area contributed by atoms with E-state index in [4.69, 9.17) is 16.5 Å². The zero-order valence-electron chi connectivity index (χ0n) is 26.7. The van der Waals surface area contributed by atoms with E-state index < -0.39 is 30.1 Å². The highest BCUT2D eigenvalue weighted by atomic mass is 31.0. The lowest BCUT2D eigenvalue weighted by molar-refractivity contribution is -0.135. The van der Waals surface area contributed by atoms with Gasteiger partial charge >= 0.3 is 0 Å². The number of halogens is 2. The van der Waals surface area contributed by atoms with Crippen LogP contribution in [-0.2, 0) is 22.6 Å². The van der Waals surface area contributed by atoms with Gasteiger partial charge in [0.2, 0.25) is 11.8 Å². The molecule has 0 bridgehead atoms. The molecule has 6 rings (SSSR count). The van der Waals surface area contributed by atoms with E-state index in [1.165, 1.54) is 12.1 Å². The molecule has 2 aliphatic heterocycles. The number of amides is 2. The van der Waals surface area contributed by atoms with Gasteiger partial charge < -0.3 is 30.8 Å². The van der Waals surface area contributed by atoms with Crippen molar-refractivity contribution >= 4 is 48.3 Å². The van der Waals surface area contributed by atoms with Gasteiger partial charge in [-0.3, -0.25) is 9.59 Å². The predicted molar refractivity (Wildman–Crippen MR) is 181 cm³/mol. The molecule has 5 N–H and O–H groups in total. The molecule has 4 heterocycles. The third kappa shape index (κ3) is 6.05. The summed E-state index contributed by atoms with van der Waals surface area (Å²) in [5.41, 5.74) is 16.2. The number of carbonyl (C=O) groups excluding carboxylic acids is 2. The summed E-state index contributed by atoms with van der Waals surface area (Å²) in [6.07, 6.45) is 1.89. The molecular formula is C34H44F2N7O2P. The van der Waals surface area contributed by atoms with E-state index in [-0.39, 0.29) is 43.3 Å². The normalized spacial score (nSPS) is 21.6.